The highest BCUT2D eigenvalue weighted by molar-refractivity contribution is 5.93. The van der Waals surface area contributed by atoms with Crippen LogP contribution in [0.15, 0.2) is 24.3 Å². The van der Waals surface area contributed by atoms with Crippen LogP contribution in [0, 0.1) is 0 Å². The van der Waals surface area contributed by atoms with Gasteiger partial charge in [-0.1, -0.05) is 0 Å². The van der Waals surface area contributed by atoms with Crippen molar-refractivity contribution in [3.05, 3.63) is 35.4 Å². The molecule has 0 bridgehead atoms. The van der Waals surface area contributed by atoms with Gasteiger partial charge in [0.15, 0.2) is 0 Å². The standard InChI is InChI=1S/C10H10O4.C6H10O4/c1-13-9(11)7-3-5-8(6-4-7)10(12)14-2;7-5(8)3-1-2-4-6(9)10/h3-6H,1-2H3;1-4H2,(H,7,8)(H,9,10). The molecule has 8 nitrogen and oxygen atoms in total. The van der Waals surface area contributed by atoms with E-state index in [1.807, 2.05) is 0 Å². The van der Waals surface area contributed by atoms with Crippen molar-refractivity contribution in [3.63, 3.8) is 0 Å². The molecule has 0 aliphatic carbocycles. The predicted molar refractivity (Wildman–Crippen MR) is 82.9 cm³/mol. The SMILES string of the molecule is COC(=O)c1ccc(C(=O)OC)cc1.O=C(O)CCCCC(=O)O. The number of ether oxygens (including phenoxy) is 2. The van der Waals surface area contributed by atoms with Crippen LogP contribution in [0.3, 0.4) is 0 Å². The average Bonchev–Trinajstić information content (AvgIpc) is 2.57. The zero-order chi connectivity index (χ0) is 18.5. The average molecular weight is 340 g/mol. The van der Waals surface area contributed by atoms with Gasteiger partial charge in [-0.25, -0.2) is 9.59 Å². The van der Waals surface area contributed by atoms with Crippen LogP contribution in [-0.2, 0) is 19.1 Å². The number of hydrogen-bond acceptors (Lipinski definition) is 6. The highest BCUT2D eigenvalue weighted by Crippen LogP contribution is 2.06. The molecule has 1 rings (SSSR count). The van der Waals surface area contributed by atoms with E-state index in [0.717, 1.165) is 0 Å². The van der Waals surface area contributed by atoms with Gasteiger partial charge in [0.1, 0.15) is 0 Å². The van der Waals surface area contributed by atoms with Gasteiger partial charge in [-0.2, -0.15) is 0 Å². The van der Waals surface area contributed by atoms with E-state index in [1.165, 1.54) is 38.5 Å². The molecular formula is C16H20O8. The number of esters is 2. The molecule has 0 atom stereocenters. The number of carboxylic acids is 2. The predicted octanol–water partition coefficient (Wildman–Crippen LogP) is 1.98. The Morgan fingerprint density at radius 2 is 1.04 bits per heavy atom. The lowest BCUT2D eigenvalue weighted by molar-refractivity contribution is -0.139. The molecule has 24 heavy (non-hydrogen) atoms. The van der Waals surface area contributed by atoms with E-state index in [4.69, 9.17) is 10.2 Å². The molecule has 0 saturated heterocycles. The van der Waals surface area contributed by atoms with Crippen LogP contribution in [-0.4, -0.2) is 48.3 Å². The molecule has 0 amide bonds. The molecule has 132 valence electrons. The van der Waals surface area contributed by atoms with E-state index in [2.05, 4.69) is 9.47 Å². The highest BCUT2D eigenvalue weighted by atomic mass is 16.5. The number of methoxy groups -OCH3 is 2. The molecule has 0 aromatic heterocycles. The van der Waals surface area contributed by atoms with E-state index >= 15 is 0 Å². The molecule has 0 fully saturated rings. The minimum absolute atomic E-state index is 0.0628. The van der Waals surface area contributed by atoms with Gasteiger partial charge < -0.3 is 19.7 Å². The normalized spacial score (nSPS) is 9.25. The number of rotatable bonds is 7. The van der Waals surface area contributed by atoms with Crippen LogP contribution in [0.1, 0.15) is 46.4 Å². The molecule has 0 radical (unpaired) electrons. The maximum atomic E-state index is 11.0. The lowest BCUT2D eigenvalue weighted by atomic mass is 10.1. The number of unbranched alkanes of at least 4 members (excludes halogenated alkanes) is 1. The summed E-state index contributed by atoms with van der Waals surface area (Å²) in [4.78, 5) is 41.8. The van der Waals surface area contributed by atoms with Crippen molar-refractivity contribution in [2.24, 2.45) is 0 Å². The monoisotopic (exact) mass is 340 g/mol. The van der Waals surface area contributed by atoms with Gasteiger partial charge in [0.25, 0.3) is 0 Å². The van der Waals surface area contributed by atoms with Crippen LogP contribution < -0.4 is 0 Å². The van der Waals surface area contributed by atoms with Crippen molar-refractivity contribution < 1.29 is 38.9 Å². The molecule has 8 heteroatoms. The van der Waals surface area contributed by atoms with Gasteiger partial charge in [0, 0.05) is 12.8 Å². The largest absolute Gasteiger partial charge is 0.481 e. The first-order valence-electron chi connectivity index (χ1n) is 7.02. The summed E-state index contributed by atoms with van der Waals surface area (Å²) in [6, 6.07) is 6.05. The summed E-state index contributed by atoms with van der Waals surface area (Å²) < 4.78 is 9.02. The Hall–Kier alpha value is -2.90. The van der Waals surface area contributed by atoms with Gasteiger partial charge in [0.05, 0.1) is 25.3 Å². The van der Waals surface area contributed by atoms with Crippen molar-refractivity contribution in [1.29, 1.82) is 0 Å². The van der Waals surface area contributed by atoms with Crippen LogP contribution in [0.25, 0.3) is 0 Å². The van der Waals surface area contributed by atoms with Gasteiger partial charge in [-0.3, -0.25) is 9.59 Å². The molecule has 0 aliphatic heterocycles. The van der Waals surface area contributed by atoms with Crippen molar-refractivity contribution in [2.75, 3.05) is 14.2 Å². The zero-order valence-electron chi connectivity index (χ0n) is 13.5. The van der Waals surface area contributed by atoms with Crippen LogP contribution >= 0.6 is 0 Å². The summed E-state index contributed by atoms with van der Waals surface area (Å²) in [5.41, 5.74) is 0.806. The lowest BCUT2D eigenvalue weighted by Gasteiger charge is -2.00. The van der Waals surface area contributed by atoms with Gasteiger partial charge in [0.2, 0.25) is 0 Å². The van der Waals surface area contributed by atoms with E-state index in [-0.39, 0.29) is 12.8 Å². The molecule has 0 saturated carbocycles. The Morgan fingerprint density at radius 1 is 0.750 bits per heavy atom. The Labute approximate surface area is 139 Å². The number of carbonyl (C=O) groups excluding carboxylic acids is 2. The Balaban J connectivity index is 0.000000470. The van der Waals surface area contributed by atoms with E-state index in [9.17, 15) is 19.2 Å². The fraction of sp³-hybridized carbons (Fsp3) is 0.375. The minimum atomic E-state index is -0.870. The van der Waals surface area contributed by atoms with Crippen molar-refractivity contribution >= 4 is 23.9 Å². The quantitative estimate of drug-likeness (QED) is 0.569. The molecular weight excluding hydrogens is 320 g/mol. The molecule has 1 aromatic rings. The minimum Gasteiger partial charge on any atom is -0.481 e. The fourth-order valence-electron chi connectivity index (χ4n) is 1.53. The van der Waals surface area contributed by atoms with Gasteiger partial charge >= 0.3 is 23.9 Å². The van der Waals surface area contributed by atoms with Gasteiger partial charge in [-0.05, 0) is 37.1 Å². The topological polar surface area (TPSA) is 127 Å². The van der Waals surface area contributed by atoms with E-state index in [1.54, 1.807) is 0 Å². The maximum absolute atomic E-state index is 11.0. The lowest BCUT2D eigenvalue weighted by Crippen LogP contribution is -2.04. The second-order valence-electron chi connectivity index (χ2n) is 4.56. The second-order valence-corrected chi connectivity index (χ2v) is 4.56. The molecule has 1 aromatic carbocycles. The summed E-state index contributed by atoms with van der Waals surface area (Å²) in [6.45, 7) is 0. The Bertz CT molecular complexity index is 511. The molecule has 0 unspecified atom stereocenters. The summed E-state index contributed by atoms with van der Waals surface area (Å²) in [5, 5.41) is 16.3. The Kier molecular flexibility index (Phi) is 10.2. The first-order chi connectivity index (χ1) is 11.3. The smallest absolute Gasteiger partial charge is 0.337 e. The third kappa shape index (κ3) is 9.19. The molecule has 0 heterocycles. The number of carboxylic acid groups (broad SMARTS) is 2. The van der Waals surface area contributed by atoms with Gasteiger partial charge in [-0.15, -0.1) is 0 Å². The zero-order valence-corrected chi connectivity index (χ0v) is 13.5. The first kappa shape index (κ1) is 21.1. The molecule has 0 aliphatic rings. The highest BCUT2D eigenvalue weighted by Gasteiger charge is 2.08. The maximum Gasteiger partial charge on any atom is 0.337 e. The van der Waals surface area contributed by atoms with Crippen molar-refractivity contribution in [2.45, 2.75) is 25.7 Å². The van der Waals surface area contributed by atoms with Crippen molar-refractivity contribution in [3.8, 4) is 0 Å². The summed E-state index contributed by atoms with van der Waals surface area (Å²) in [5.74, 6) is -2.60. The third-order valence-electron chi connectivity index (χ3n) is 2.76. The van der Waals surface area contributed by atoms with Crippen molar-refractivity contribution in [1.82, 2.24) is 0 Å². The first-order valence-corrected chi connectivity index (χ1v) is 7.02. The second kappa shape index (κ2) is 11.6. The third-order valence-corrected chi connectivity index (χ3v) is 2.76. The summed E-state index contributed by atoms with van der Waals surface area (Å²) >= 11 is 0. The Morgan fingerprint density at radius 3 is 1.25 bits per heavy atom. The number of hydrogen-bond donors (Lipinski definition) is 2. The van der Waals surface area contributed by atoms with E-state index < -0.39 is 23.9 Å². The number of carbonyl (C=O) groups is 4. The van der Waals surface area contributed by atoms with Crippen LogP contribution in [0.2, 0.25) is 0 Å². The molecule has 0 spiro atoms. The van der Waals surface area contributed by atoms with E-state index in [0.29, 0.717) is 24.0 Å². The number of benzene rings is 1. The molecule has 2 N–H and O–H groups in total. The summed E-state index contributed by atoms with van der Waals surface area (Å²) in [6.07, 6.45) is 1.02. The van der Waals surface area contributed by atoms with Crippen LogP contribution in [0.4, 0.5) is 0 Å². The summed E-state index contributed by atoms with van der Waals surface area (Å²) in [7, 11) is 2.60. The van der Waals surface area contributed by atoms with Crippen LogP contribution in [0.5, 0.6) is 0 Å². The fourth-order valence-corrected chi connectivity index (χ4v) is 1.53. The number of aliphatic carboxylic acids is 2.